The molecular weight excluding hydrogens is 335 g/mol. The first kappa shape index (κ1) is 19.6. The van der Waals surface area contributed by atoms with Crippen molar-refractivity contribution in [2.24, 2.45) is 0 Å². The second kappa shape index (κ2) is 8.58. The van der Waals surface area contributed by atoms with Crippen molar-refractivity contribution in [3.63, 3.8) is 0 Å². The highest BCUT2D eigenvalue weighted by Gasteiger charge is 2.22. The van der Waals surface area contributed by atoms with Crippen molar-refractivity contribution in [3.05, 3.63) is 59.4 Å². The highest BCUT2D eigenvalue weighted by atomic mass is 19.1. The molecule has 2 aromatic rings. The lowest BCUT2D eigenvalue weighted by molar-refractivity contribution is -0.907. The lowest BCUT2D eigenvalue weighted by Gasteiger charge is -2.21. The number of anilines is 1. The zero-order valence-corrected chi connectivity index (χ0v) is 15.4. The Morgan fingerprint density at radius 2 is 1.85 bits per heavy atom. The minimum Gasteiger partial charge on any atom is -0.494 e. The average molecular weight is 359 g/mol. The predicted octanol–water partition coefficient (Wildman–Crippen LogP) is 2.08. The Morgan fingerprint density at radius 1 is 1.19 bits per heavy atom. The summed E-state index contributed by atoms with van der Waals surface area (Å²) in [6.07, 6.45) is 0. The number of carbonyl (C=O) groups is 2. The molecule has 6 heteroatoms. The Kier molecular flexibility index (Phi) is 6.46. The number of likely N-dealkylation sites (N-methyl/N-ethyl adjacent to an activating group) is 1. The zero-order chi connectivity index (χ0) is 19.3. The molecule has 2 N–H and O–H groups in total. The van der Waals surface area contributed by atoms with Crippen molar-refractivity contribution in [2.45, 2.75) is 26.4 Å². The van der Waals surface area contributed by atoms with Gasteiger partial charge in [-0.15, -0.1) is 0 Å². The molecule has 26 heavy (non-hydrogen) atoms. The van der Waals surface area contributed by atoms with Gasteiger partial charge in [0.1, 0.15) is 6.54 Å². The summed E-state index contributed by atoms with van der Waals surface area (Å²) in [5.74, 6) is -0.383. The minimum absolute atomic E-state index is 0.0212. The van der Waals surface area contributed by atoms with Crippen LogP contribution in [-0.2, 0) is 11.3 Å². The molecule has 1 unspecified atom stereocenters. The number of amides is 1. The molecular formula is C20H24FN2O3+. The molecule has 0 aliphatic carbocycles. The normalized spacial score (nSPS) is 13.0. The van der Waals surface area contributed by atoms with Crippen LogP contribution in [0.4, 0.5) is 10.1 Å². The number of hydrogen-bond donors (Lipinski definition) is 2. The van der Waals surface area contributed by atoms with Gasteiger partial charge in [0.15, 0.2) is 23.4 Å². The smallest absolute Gasteiger partial charge is 0.282 e. The molecule has 0 aliphatic heterocycles. The number of Topliss-reactive ketones (excluding diaryl/α,β-unsaturated/α-hetero) is 1. The lowest BCUT2D eigenvalue weighted by Crippen LogP contribution is -3.12. The van der Waals surface area contributed by atoms with Crippen molar-refractivity contribution >= 4 is 17.4 Å². The van der Waals surface area contributed by atoms with E-state index in [4.69, 9.17) is 4.74 Å². The summed E-state index contributed by atoms with van der Waals surface area (Å²) in [6.45, 7) is 3.81. The first-order valence-corrected chi connectivity index (χ1v) is 8.38. The van der Waals surface area contributed by atoms with Gasteiger partial charge in [0.05, 0.1) is 14.2 Å². The van der Waals surface area contributed by atoms with Gasteiger partial charge in [0, 0.05) is 16.8 Å². The standard InChI is InChI=1S/C20H23FN2O3/c1-13(20(25)22-17-8-6-16(7-9-17)14(2)24)23(3)12-15-5-10-19(26-4)18(21)11-15/h5-11,13H,12H2,1-4H3,(H,22,25)/p+1/t13-/m1/s1. The van der Waals surface area contributed by atoms with Gasteiger partial charge >= 0.3 is 0 Å². The van der Waals surface area contributed by atoms with Crippen molar-refractivity contribution in [3.8, 4) is 5.75 Å². The van der Waals surface area contributed by atoms with Crippen LogP contribution in [0, 0.1) is 5.82 Å². The number of benzene rings is 2. The van der Waals surface area contributed by atoms with Gasteiger partial charge in [0.2, 0.25) is 0 Å². The molecule has 138 valence electrons. The van der Waals surface area contributed by atoms with Crippen LogP contribution >= 0.6 is 0 Å². The van der Waals surface area contributed by atoms with Gasteiger partial charge in [-0.25, -0.2) is 4.39 Å². The van der Waals surface area contributed by atoms with E-state index in [1.54, 1.807) is 36.4 Å². The average Bonchev–Trinajstić information content (AvgIpc) is 2.61. The summed E-state index contributed by atoms with van der Waals surface area (Å²) in [7, 11) is 3.30. The number of methoxy groups -OCH3 is 1. The Balaban J connectivity index is 1.98. The third-order valence-corrected chi connectivity index (χ3v) is 4.39. The van der Waals surface area contributed by atoms with Crippen LogP contribution in [0.2, 0.25) is 0 Å². The van der Waals surface area contributed by atoms with Crippen LogP contribution in [-0.4, -0.2) is 31.9 Å². The molecule has 0 saturated heterocycles. The summed E-state index contributed by atoms with van der Waals surface area (Å²) >= 11 is 0. The molecule has 0 spiro atoms. The van der Waals surface area contributed by atoms with E-state index in [2.05, 4.69) is 5.32 Å². The SMILES string of the molecule is COc1ccc(C[NH+](C)[C@H](C)C(=O)Nc2ccc(C(C)=O)cc2)cc1F. The van der Waals surface area contributed by atoms with E-state index >= 15 is 0 Å². The van der Waals surface area contributed by atoms with Crippen molar-refractivity contribution in [2.75, 3.05) is 19.5 Å². The third kappa shape index (κ3) is 4.89. The second-order valence-electron chi connectivity index (χ2n) is 6.34. The summed E-state index contributed by atoms with van der Waals surface area (Å²) in [5, 5.41) is 2.84. The maximum absolute atomic E-state index is 13.8. The molecule has 0 heterocycles. The van der Waals surface area contributed by atoms with Crippen LogP contribution in [0.1, 0.15) is 29.8 Å². The number of nitrogens with one attached hydrogen (secondary N) is 2. The Hall–Kier alpha value is -2.73. The quantitative estimate of drug-likeness (QED) is 0.744. The Morgan fingerprint density at radius 3 is 2.38 bits per heavy atom. The van der Waals surface area contributed by atoms with Crippen molar-refractivity contribution in [1.29, 1.82) is 0 Å². The largest absolute Gasteiger partial charge is 0.494 e. The van der Waals surface area contributed by atoms with Crippen LogP contribution in [0.3, 0.4) is 0 Å². The summed E-state index contributed by atoms with van der Waals surface area (Å²) in [4.78, 5) is 24.6. The van der Waals surface area contributed by atoms with Crippen LogP contribution in [0.15, 0.2) is 42.5 Å². The molecule has 0 bridgehead atoms. The lowest BCUT2D eigenvalue weighted by atomic mass is 10.1. The van der Waals surface area contributed by atoms with Crippen LogP contribution in [0.25, 0.3) is 0 Å². The molecule has 0 saturated carbocycles. The molecule has 5 nitrogen and oxygen atoms in total. The molecule has 0 radical (unpaired) electrons. The zero-order valence-electron chi connectivity index (χ0n) is 15.4. The van der Waals surface area contributed by atoms with Crippen LogP contribution < -0.4 is 15.0 Å². The number of hydrogen-bond acceptors (Lipinski definition) is 3. The number of ether oxygens (including phenoxy) is 1. The second-order valence-corrected chi connectivity index (χ2v) is 6.34. The fourth-order valence-corrected chi connectivity index (χ4v) is 2.56. The van der Waals surface area contributed by atoms with E-state index in [1.807, 2.05) is 14.0 Å². The molecule has 0 aliphatic rings. The van der Waals surface area contributed by atoms with Gasteiger partial charge < -0.3 is 15.0 Å². The first-order chi connectivity index (χ1) is 12.3. The molecule has 0 aromatic heterocycles. The molecule has 2 atom stereocenters. The van der Waals surface area contributed by atoms with E-state index in [9.17, 15) is 14.0 Å². The first-order valence-electron chi connectivity index (χ1n) is 8.38. The van der Waals surface area contributed by atoms with E-state index in [0.717, 1.165) is 10.5 Å². The maximum atomic E-state index is 13.8. The van der Waals surface area contributed by atoms with E-state index in [-0.39, 0.29) is 23.5 Å². The van der Waals surface area contributed by atoms with Gasteiger partial charge in [0.25, 0.3) is 5.91 Å². The van der Waals surface area contributed by atoms with Gasteiger partial charge in [-0.05, 0) is 56.3 Å². The van der Waals surface area contributed by atoms with Crippen molar-refractivity contribution in [1.82, 2.24) is 0 Å². The Labute approximate surface area is 152 Å². The summed E-state index contributed by atoms with van der Waals surface area (Å²) < 4.78 is 18.7. The van der Waals surface area contributed by atoms with Gasteiger partial charge in [-0.3, -0.25) is 9.59 Å². The van der Waals surface area contributed by atoms with E-state index in [0.29, 0.717) is 17.8 Å². The van der Waals surface area contributed by atoms with Crippen LogP contribution in [0.5, 0.6) is 5.75 Å². The maximum Gasteiger partial charge on any atom is 0.282 e. The fourth-order valence-electron chi connectivity index (χ4n) is 2.56. The molecule has 2 rings (SSSR count). The highest BCUT2D eigenvalue weighted by molar-refractivity contribution is 5.96. The fraction of sp³-hybridized carbons (Fsp3) is 0.300. The molecule has 2 aromatic carbocycles. The monoisotopic (exact) mass is 359 g/mol. The number of ketones is 1. The topological polar surface area (TPSA) is 59.8 Å². The van der Waals surface area contributed by atoms with E-state index in [1.165, 1.54) is 20.1 Å². The highest BCUT2D eigenvalue weighted by Crippen LogP contribution is 2.17. The third-order valence-electron chi connectivity index (χ3n) is 4.39. The minimum atomic E-state index is -0.416. The van der Waals surface area contributed by atoms with Gasteiger partial charge in [-0.1, -0.05) is 0 Å². The van der Waals surface area contributed by atoms with E-state index < -0.39 is 5.82 Å². The summed E-state index contributed by atoms with van der Waals surface area (Å²) in [5.41, 5.74) is 2.02. The molecule has 0 fully saturated rings. The van der Waals surface area contributed by atoms with Gasteiger partial charge in [-0.2, -0.15) is 0 Å². The predicted molar refractivity (Wildman–Crippen MR) is 98.1 cm³/mol. The number of carbonyl (C=O) groups excluding carboxylic acids is 2. The number of rotatable bonds is 7. The summed E-state index contributed by atoms with van der Waals surface area (Å²) in [6, 6.07) is 11.2. The Bertz CT molecular complexity index is 790. The molecule has 1 amide bonds. The number of quaternary nitrogens is 1. The number of halogens is 1. The van der Waals surface area contributed by atoms with Crippen molar-refractivity contribution < 1.29 is 23.6 Å².